The van der Waals surface area contributed by atoms with Crippen molar-refractivity contribution in [2.75, 3.05) is 17.8 Å². The molecule has 0 fully saturated rings. The molecule has 3 rings (SSSR count). The van der Waals surface area contributed by atoms with E-state index in [9.17, 15) is 4.79 Å². The van der Waals surface area contributed by atoms with Crippen molar-refractivity contribution in [1.82, 2.24) is 9.55 Å². The average molecular weight is 371 g/mol. The summed E-state index contributed by atoms with van der Waals surface area (Å²) in [6, 6.07) is 15.7. The van der Waals surface area contributed by atoms with Crippen molar-refractivity contribution in [3.05, 3.63) is 64.4 Å². The zero-order valence-electron chi connectivity index (χ0n) is 14.7. The van der Waals surface area contributed by atoms with Gasteiger partial charge >= 0.3 is 0 Å². The lowest BCUT2D eigenvalue weighted by Gasteiger charge is -2.18. The lowest BCUT2D eigenvalue weighted by molar-refractivity contribution is 0.781. The van der Waals surface area contributed by atoms with Crippen LogP contribution in [-0.2, 0) is 0 Å². The molecular weight excluding hydrogens is 348 g/mol. The summed E-state index contributed by atoms with van der Waals surface area (Å²) in [4.78, 5) is 18.1. The van der Waals surface area contributed by atoms with Crippen LogP contribution in [0.1, 0.15) is 25.3 Å². The molecule has 0 N–H and O–H groups in total. The van der Waals surface area contributed by atoms with E-state index < -0.39 is 0 Å². The topological polar surface area (TPSA) is 34.9 Å². The molecule has 0 aliphatic carbocycles. The second kappa shape index (κ2) is 8.11. The van der Waals surface area contributed by atoms with Gasteiger partial charge in [0.2, 0.25) is 0 Å². The summed E-state index contributed by atoms with van der Waals surface area (Å²) < 4.78 is 1.79. The molecule has 3 nitrogen and oxygen atoms in total. The van der Waals surface area contributed by atoms with Crippen molar-refractivity contribution < 1.29 is 0 Å². The SMILES string of the molecule is CSCCSc1nc2ccccc2c(=O)n1-c1ccccc1C(C)C. The number of rotatable bonds is 6. The van der Waals surface area contributed by atoms with E-state index in [2.05, 4.69) is 26.2 Å². The quantitative estimate of drug-likeness (QED) is 0.349. The second-order valence-corrected chi connectivity index (χ2v) is 8.15. The minimum Gasteiger partial charge on any atom is -0.268 e. The number of benzene rings is 2. The first-order valence-electron chi connectivity index (χ1n) is 8.36. The van der Waals surface area contributed by atoms with Crippen LogP contribution in [0.5, 0.6) is 0 Å². The van der Waals surface area contributed by atoms with Gasteiger partial charge in [0, 0.05) is 11.5 Å². The molecule has 0 aliphatic heterocycles. The first-order chi connectivity index (χ1) is 12.1. The molecule has 0 radical (unpaired) electrons. The Morgan fingerprint density at radius 1 is 1.04 bits per heavy atom. The van der Waals surface area contributed by atoms with Crippen LogP contribution >= 0.6 is 23.5 Å². The molecule has 5 heteroatoms. The predicted octanol–water partition coefficient (Wildman–Crippen LogP) is 4.96. The Morgan fingerprint density at radius 2 is 1.76 bits per heavy atom. The third-order valence-corrected chi connectivity index (χ3v) is 5.87. The first kappa shape index (κ1) is 18.1. The summed E-state index contributed by atoms with van der Waals surface area (Å²) in [7, 11) is 0. The van der Waals surface area contributed by atoms with Gasteiger partial charge in [-0.25, -0.2) is 4.98 Å². The number of aromatic nitrogens is 2. The van der Waals surface area contributed by atoms with E-state index in [1.54, 1.807) is 28.1 Å². The largest absolute Gasteiger partial charge is 0.268 e. The zero-order valence-corrected chi connectivity index (χ0v) is 16.4. The van der Waals surface area contributed by atoms with E-state index in [1.807, 2.05) is 42.5 Å². The van der Waals surface area contributed by atoms with Crippen LogP contribution in [0, 0.1) is 0 Å². The number of para-hydroxylation sites is 2. The molecule has 0 saturated carbocycles. The van der Waals surface area contributed by atoms with Crippen molar-refractivity contribution in [3.8, 4) is 5.69 Å². The van der Waals surface area contributed by atoms with Crippen molar-refractivity contribution in [1.29, 1.82) is 0 Å². The molecule has 25 heavy (non-hydrogen) atoms. The summed E-state index contributed by atoms with van der Waals surface area (Å²) >= 11 is 3.45. The lowest BCUT2D eigenvalue weighted by atomic mass is 10.0. The van der Waals surface area contributed by atoms with Crippen molar-refractivity contribution in [2.45, 2.75) is 24.9 Å². The van der Waals surface area contributed by atoms with Gasteiger partial charge in [0.25, 0.3) is 5.56 Å². The Hall–Kier alpha value is -1.72. The van der Waals surface area contributed by atoms with Crippen LogP contribution in [0.3, 0.4) is 0 Å². The molecule has 0 aliphatic rings. The highest BCUT2D eigenvalue weighted by Crippen LogP contribution is 2.27. The van der Waals surface area contributed by atoms with Gasteiger partial charge < -0.3 is 0 Å². The Kier molecular flexibility index (Phi) is 5.86. The molecule has 3 aromatic rings. The fraction of sp³-hybridized carbons (Fsp3) is 0.300. The standard InChI is InChI=1S/C20H22N2OS2/c1-14(2)15-8-5-7-11-18(15)22-19(23)16-9-4-6-10-17(16)21-20(22)25-13-12-24-3/h4-11,14H,12-13H2,1-3H3. The minimum atomic E-state index is 0.00496. The van der Waals surface area contributed by atoms with Gasteiger partial charge in [-0.1, -0.05) is 55.9 Å². The Morgan fingerprint density at radius 3 is 2.52 bits per heavy atom. The fourth-order valence-corrected chi connectivity index (χ4v) is 4.47. The highest BCUT2D eigenvalue weighted by molar-refractivity contribution is 8.02. The van der Waals surface area contributed by atoms with E-state index >= 15 is 0 Å². The molecule has 0 saturated heterocycles. The maximum absolute atomic E-state index is 13.3. The van der Waals surface area contributed by atoms with E-state index in [-0.39, 0.29) is 5.56 Å². The molecule has 0 spiro atoms. The summed E-state index contributed by atoms with van der Waals surface area (Å²) in [6.45, 7) is 4.30. The summed E-state index contributed by atoms with van der Waals surface area (Å²) in [5, 5.41) is 1.43. The van der Waals surface area contributed by atoms with Crippen LogP contribution in [0.2, 0.25) is 0 Å². The third-order valence-electron chi connectivity index (χ3n) is 4.06. The van der Waals surface area contributed by atoms with Gasteiger partial charge in [-0.3, -0.25) is 9.36 Å². The highest BCUT2D eigenvalue weighted by atomic mass is 32.2. The van der Waals surface area contributed by atoms with Gasteiger partial charge in [0.15, 0.2) is 5.16 Å². The fourth-order valence-electron chi connectivity index (χ4n) is 2.82. The van der Waals surface area contributed by atoms with Crippen molar-refractivity contribution in [3.63, 3.8) is 0 Å². The minimum absolute atomic E-state index is 0.00496. The molecule has 0 atom stereocenters. The van der Waals surface area contributed by atoms with Crippen molar-refractivity contribution in [2.24, 2.45) is 0 Å². The van der Waals surface area contributed by atoms with Gasteiger partial charge in [0.1, 0.15) is 0 Å². The monoisotopic (exact) mass is 370 g/mol. The van der Waals surface area contributed by atoms with E-state index in [4.69, 9.17) is 4.98 Å². The highest BCUT2D eigenvalue weighted by Gasteiger charge is 2.16. The molecule has 0 unspecified atom stereocenters. The number of hydrogen-bond donors (Lipinski definition) is 0. The molecule has 130 valence electrons. The molecule has 2 aromatic carbocycles. The second-order valence-electron chi connectivity index (χ2n) is 6.11. The first-order valence-corrected chi connectivity index (χ1v) is 10.7. The third kappa shape index (κ3) is 3.77. The summed E-state index contributed by atoms with van der Waals surface area (Å²) in [6.07, 6.45) is 2.09. The van der Waals surface area contributed by atoms with Crippen LogP contribution in [0.4, 0.5) is 0 Å². The molecule has 0 amide bonds. The molecule has 0 bridgehead atoms. The zero-order chi connectivity index (χ0) is 17.8. The van der Waals surface area contributed by atoms with Crippen LogP contribution < -0.4 is 5.56 Å². The average Bonchev–Trinajstić information content (AvgIpc) is 2.62. The Balaban J connectivity index is 2.26. The van der Waals surface area contributed by atoms with Crippen LogP contribution in [0.25, 0.3) is 16.6 Å². The Labute approximate surface area is 156 Å². The number of nitrogens with zero attached hydrogens (tertiary/aromatic N) is 2. The smallest absolute Gasteiger partial charge is 0.266 e. The van der Waals surface area contributed by atoms with Gasteiger partial charge in [-0.15, -0.1) is 0 Å². The molecule has 1 heterocycles. The molecular formula is C20H22N2OS2. The molecule has 1 aromatic heterocycles. The van der Waals surface area contributed by atoms with E-state index in [1.165, 1.54) is 0 Å². The van der Waals surface area contributed by atoms with E-state index in [0.717, 1.165) is 33.4 Å². The van der Waals surface area contributed by atoms with Crippen LogP contribution in [-0.4, -0.2) is 27.3 Å². The van der Waals surface area contributed by atoms with Crippen LogP contribution in [0.15, 0.2) is 58.5 Å². The lowest BCUT2D eigenvalue weighted by Crippen LogP contribution is -2.23. The van der Waals surface area contributed by atoms with Gasteiger partial charge in [0.05, 0.1) is 16.6 Å². The maximum atomic E-state index is 13.3. The van der Waals surface area contributed by atoms with Crippen molar-refractivity contribution >= 4 is 34.4 Å². The summed E-state index contributed by atoms with van der Waals surface area (Å²) in [5.74, 6) is 2.29. The predicted molar refractivity (Wildman–Crippen MR) is 111 cm³/mol. The Bertz CT molecular complexity index is 934. The normalized spacial score (nSPS) is 11.4. The van der Waals surface area contributed by atoms with E-state index in [0.29, 0.717) is 11.3 Å². The summed E-state index contributed by atoms with van der Waals surface area (Å²) in [5.41, 5.74) is 2.86. The van der Waals surface area contributed by atoms with Gasteiger partial charge in [-0.2, -0.15) is 11.8 Å². The number of fused-ring (bicyclic) bond motifs is 1. The van der Waals surface area contributed by atoms with Gasteiger partial charge in [-0.05, 0) is 35.9 Å². The number of hydrogen-bond acceptors (Lipinski definition) is 4. The number of thioether (sulfide) groups is 2. The maximum Gasteiger partial charge on any atom is 0.266 e.